The predicted octanol–water partition coefficient (Wildman–Crippen LogP) is 4.28. The lowest BCUT2D eigenvalue weighted by Gasteiger charge is -2.07. The summed E-state index contributed by atoms with van der Waals surface area (Å²) in [5.41, 5.74) is 0.933. The van der Waals surface area contributed by atoms with Crippen LogP contribution in [-0.2, 0) is 16.1 Å². The topological polar surface area (TPSA) is 18.5 Å². The second kappa shape index (κ2) is 7.84. The van der Waals surface area contributed by atoms with Crippen LogP contribution in [0.3, 0.4) is 0 Å². The Labute approximate surface area is 112 Å². The second-order valence-corrected chi connectivity index (χ2v) is 3.83. The summed E-state index contributed by atoms with van der Waals surface area (Å²) >= 11 is 0. The zero-order valence-electron chi connectivity index (χ0n) is 10.4. The van der Waals surface area contributed by atoms with Crippen LogP contribution in [0, 0.1) is 0 Å². The van der Waals surface area contributed by atoms with E-state index < -0.39 is 24.6 Å². The first-order valence-corrected chi connectivity index (χ1v) is 5.78. The Balaban J connectivity index is 2.17. The quantitative estimate of drug-likeness (QED) is 0.425. The predicted molar refractivity (Wildman–Crippen MR) is 62.0 cm³/mol. The molecule has 0 N–H and O–H groups in total. The molecule has 0 heterocycles. The summed E-state index contributed by atoms with van der Waals surface area (Å²) in [7, 11) is 0. The first kappa shape index (κ1) is 16.4. The molecule has 1 aromatic rings. The maximum Gasteiger partial charge on any atom is 0.449 e. The van der Waals surface area contributed by atoms with Gasteiger partial charge in [-0.2, -0.15) is 22.0 Å². The van der Waals surface area contributed by atoms with Crippen molar-refractivity contribution < 1.29 is 31.4 Å². The van der Waals surface area contributed by atoms with E-state index in [2.05, 4.69) is 4.74 Å². The van der Waals surface area contributed by atoms with Gasteiger partial charge in [0.1, 0.15) is 0 Å². The molecule has 0 saturated carbocycles. The number of benzene rings is 1. The number of rotatable bonds is 7. The number of allylic oxidation sites excluding steroid dienone is 1. The van der Waals surface area contributed by atoms with Crippen LogP contribution >= 0.6 is 0 Å². The summed E-state index contributed by atoms with van der Waals surface area (Å²) in [5.74, 6) is -2.86. The van der Waals surface area contributed by atoms with Crippen molar-refractivity contribution in [3.63, 3.8) is 0 Å². The van der Waals surface area contributed by atoms with E-state index in [1.807, 2.05) is 30.3 Å². The molecule has 0 aliphatic carbocycles. The Hall–Kier alpha value is -1.63. The molecule has 7 heteroatoms. The van der Waals surface area contributed by atoms with Crippen molar-refractivity contribution >= 4 is 0 Å². The summed E-state index contributed by atoms with van der Waals surface area (Å²) in [6.45, 7) is 0.0933. The maximum atomic E-state index is 12.6. The van der Waals surface area contributed by atoms with Crippen molar-refractivity contribution in [2.45, 2.75) is 19.2 Å². The molecule has 1 aromatic carbocycles. The molecule has 0 bridgehead atoms. The van der Waals surface area contributed by atoms with E-state index in [4.69, 9.17) is 4.74 Å². The van der Waals surface area contributed by atoms with Gasteiger partial charge >= 0.3 is 12.2 Å². The number of hydrogen-bond donors (Lipinski definition) is 0. The van der Waals surface area contributed by atoms with E-state index in [0.717, 1.165) is 5.56 Å². The minimum absolute atomic E-state index is 0.144. The van der Waals surface area contributed by atoms with E-state index in [1.165, 1.54) is 0 Å². The van der Waals surface area contributed by atoms with Gasteiger partial charge in [-0.05, 0) is 5.56 Å². The van der Waals surface area contributed by atoms with Gasteiger partial charge in [0.05, 0.1) is 19.8 Å². The van der Waals surface area contributed by atoms with E-state index >= 15 is 0 Å². The number of halogens is 5. The van der Waals surface area contributed by atoms with Gasteiger partial charge in [0.25, 0.3) is 5.83 Å². The van der Waals surface area contributed by atoms with Gasteiger partial charge in [-0.1, -0.05) is 30.3 Å². The highest BCUT2D eigenvalue weighted by Gasteiger charge is 2.39. The molecular formula is C13H13F5O2. The molecule has 0 aromatic heterocycles. The highest BCUT2D eigenvalue weighted by Crippen LogP contribution is 2.30. The maximum absolute atomic E-state index is 12.6. The van der Waals surface area contributed by atoms with Gasteiger partial charge in [0, 0.05) is 6.42 Å². The molecular weight excluding hydrogens is 283 g/mol. The Morgan fingerprint density at radius 2 is 1.65 bits per heavy atom. The first-order valence-electron chi connectivity index (χ1n) is 5.78. The molecule has 0 amide bonds. The molecule has 0 fully saturated rings. The summed E-state index contributed by atoms with van der Waals surface area (Å²) in [5, 5.41) is 0. The average molecular weight is 296 g/mol. The average Bonchev–Trinajstić information content (AvgIpc) is 2.41. The van der Waals surface area contributed by atoms with Gasteiger partial charge in [-0.25, -0.2) is 0 Å². The smallest absolute Gasteiger partial charge is 0.449 e. The van der Waals surface area contributed by atoms with Crippen LogP contribution in [0.2, 0.25) is 0 Å². The molecule has 0 spiro atoms. The zero-order valence-corrected chi connectivity index (χ0v) is 10.4. The Kier molecular flexibility index (Phi) is 6.44. The second-order valence-electron chi connectivity index (χ2n) is 3.83. The summed E-state index contributed by atoms with van der Waals surface area (Å²) in [4.78, 5) is 0. The van der Waals surface area contributed by atoms with Crippen molar-refractivity contribution in [3.05, 3.63) is 47.7 Å². The number of ether oxygens (including phenoxy) is 2. The number of hydrogen-bond acceptors (Lipinski definition) is 2. The fourth-order valence-corrected chi connectivity index (χ4v) is 1.26. The summed E-state index contributed by atoms with van der Waals surface area (Å²) < 4.78 is 69.3. The molecule has 0 radical (unpaired) electrons. The monoisotopic (exact) mass is 296 g/mol. The molecule has 0 unspecified atom stereocenters. The number of alkyl halides is 3. The lowest BCUT2D eigenvalue weighted by molar-refractivity contribution is -0.116. The van der Waals surface area contributed by atoms with Crippen LogP contribution in [0.15, 0.2) is 42.2 Å². The van der Waals surface area contributed by atoms with E-state index in [1.54, 1.807) is 0 Å². The normalized spacial score (nSPS) is 13.1. The van der Waals surface area contributed by atoms with Crippen molar-refractivity contribution in [2.24, 2.45) is 0 Å². The molecule has 0 atom stereocenters. The fraction of sp³-hybridized carbons (Fsp3) is 0.385. The van der Waals surface area contributed by atoms with Crippen LogP contribution in [-0.4, -0.2) is 19.4 Å². The SMILES string of the molecule is F/C(OCCCOCc1ccccc1)=C(/F)C(F)(F)F. The van der Waals surface area contributed by atoms with Gasteiger partial charge in [-0.15, -0.1) is 0 Å². The van der Waals surface area contributed by atoms with E-state index in [0.29, 0.717) is 6.61 Å². The minimum atomic E-state index is -5.37. The highest BCUT2D eigenvalue weighted by molar-refractivity contribution is 5.13. The Morgan fingerprint density at radius 1 is 1.00 bits per heavy atom. The summed E-state index contributed by atoms with van der Waals surface area (Å²) in [6, 6.07) is 6.96. The van der Waals surface area contributed by atoms with E-state index in [-0.39, 0.29) is 13.0 Å². The Bertz CT molecular complexity index is 428. The van der Waals surface area contributed by atoms with Crippen LogP contribution < -0.4 is 0 Å². The van der Waals surface area contributed by atoms with Gasteiger partial charge in [0.15, 0.2) is 0 Å². The fourth-order valence-electron chi connectivity index (χ4n) is 1.26. The third-order valence-corrected chi connectivity index (χ3v) is 2.19. The first-order chi connectivity index (χ1) is 9.41. The lowest BCUT2D eigenvalue weighted by atomic mass is 10.2. The van der Waals surface area contributed by atoms with Gasteiger partial charge in [0.2, 0.25) is 0 Å². The molecule has 1 rings (SSSR count). The molecule has 0 aliphatic heterocycles. The molecule has 0 aliphatic rings. The van der Waals surface area contributed by atoms with Gasteiger partial charge < -0.3 is 9.47 Å². The van der Waals surface area contributed by atoms with Crippen LogP contribution in [0.1, 0.15) is 12.0 Å². The molecule has 2 nitrogen and oxygen atoms in total. The largest absolute Gasteiger partial charge is 0.469 e. The van der Waals surface area contributed by atoms with Crippen molar-refractivity contribution in [1.29, 1.82) is 0 Å². The van der Waals surface area contributed by atoms with Crippen LogP contribution in [0.25, 0.3) is 0 Å². The van der Waals surface area contributed by atoms with E-state index in [9.17, 15) is 22.0 Å². The minimum Gasteiger partial charge on any atom is -0.469 e. The summed E-state index contributed by atoms with van der Waals surface area (Å²) in [6.07, 6.45) is -5.22. The van der Waals surface area contributed by atoms with Crippen molar-refractivity contribution in [1.82, 2.24) is 0 Å². The highest BCUT2D eigenvalue weighted by atomic mass is 19.4. The lowest BCUT2D eigenvalue weighted by Crippen LogP contribution is -2.11. The molecule has 0 saturated heterocycles. The Morgan fingerprint density at radius 3 is 2.25 bits per heavy atom. The van der Waals surface area contributed by atoms with Gasteiger partial charge in [-0.3, -0.25) is 0 Å². The molecule has 20 heavy (non-hydrogen) atoms. The van der Waals surface area contributed by atoms with Crippen LogP contribution in [0.5, 0.6) is 0 Å². The van der Waals surface area contributed by atoms with Crippen LogP contribution in [0.4, 0.5) is 22.0 Å². The standard InChI is InChI=1S/C13H13F5O2/c14-11(13(16,17)18)12(15)20-8-4-7-19-9-10-5-2-1-3-6-10/h1-3,5-6H,4,7-9H2/b12-11-. The van der Waals surface area contributed by atoms with Crippen molar-refractivity contribution in [2.75, 3.05) is 13.2 Å². The zero-order chi connectivity index (χ0) is 15.0. The third-order valence-electron chi connectivity index (χ3n) is 2.19. The molecule has 112 valence electrons. The third kappa shape index (κ3) is 6.01. The van der Waals surface area contributed by atoms with Crippen molar-refractivity contribution in [3.8, 4) is 0 Å².